The van der Waals surface area contributed by atoms with Gasteiger partial charge in [-0.05, 0) is 69.3 Å². The average Bonchev–Trinajstić information content (AvgIpc) is 3.62. The molecule has 7 nitrogen and oxygen atoms in total. The SMILES string of the molecule is CCNC(=NCC1CCN(Cc2ccc(OC)cc2)CC1)NCCNC(=O)C1CC1. The largest absolute Gasteiger partial charge is 0.497 e. The number of amides is 1. The zero-order valence-electron chi connectivity index (χ0n) is 18.5. The van der Waals surface area contributed by atoms with Crippen molar-refractivity contribution in [2.24, 2.45) is 16.8 Å². The summed E-state index contributed by atoms with van der Waals surface area (Å²) in [6.45, 7) is 8.32. The van der Waals surface area contributed by atoms with E-state index in [1.807, 2.05) is 12.1 Å². The van der Waals surface area contributed by atoms with E-state index in [0.717, 1.165) is 57.3 Å². The van der Waals surface area contributed by atoms with E-state index < -0.39 is 0 Å². The summed E-state index contributed by atoms with van der Waals surface area (Å²) in [6, 6.07) is 8.36. The van der Waals surface area contributed by atoms with Crippen molar-refractivity contribution in [2.75, 3.05) is 46.4 Å². The van der Waals surface area contributed by atoms with E-state index in [1.54, 1.807) is 7.11 Å². The second-order valence-electron chi connectivity index (χ2n) is 8.28. The molecule has 0 spiro atoms. The van der Waals surface area contributed by atoms with Gasteiger partial charge in [-0.15, -0.1) is 0 Å². The van der Waals surface area contributed by atoms with Crippen LogP contribution in [0.1, 0.15) is 38.2 Å². The molecular formula is C23H37N5O2. The monoisotopic (exact) mass is 415 g/mol. The number of likely N-dealkylation sites (tertiary alicyclic amines) is 1. The first-order valence-corrected chi connectivity index (χ1v) is 11.3. The van der Waals surface area contributed by atoms with Crippen LogP contribution in [0, 0.1) is 11.8 Å². The molecule has 0 aromatic heterocycles. The Labute approximate surface area is 180 Å². The van der Waals surface area contributed by atoms with Crippen LogP contribution in [0.3, 0.4) is 0 Å². The number of methoxy groups -OCH3 is 1. The van der Waals surface area contributed by atoms with Gasteiger partial charge in [0.1, 0.15) is 5.75 Å². The molecule has 7 heteroatoms. The molecule has 30 heavy (non-hydrogen) atoms. The highest BCUT2D eigenvalue weighted by Crippen LogP contribution is 2.28. The van der Waals surface area contributed by atoms with Crippen molar-refractivity contribution in [1.82, 2.24) is 20.9 Å². The van der Waals surface area contributed by atoms with Gasteiger partial charge in [0.25, 0.3) is 0 Å². The first-order chi connectivity index (χ1) is 14.7. The standard InChI is InChI=1S/C23H37N5O2/c1-3-24-23(26-13-12-25-22(29)20-6-7-20)27-16-18-10-14-28(15-11-18)17-19-4-8-21(30-2)9-5-19/h4-5,8-9,18,20H,3,6-7,10-17H2,1-2H3,(H,25,29)(H2,24,26,27). The second kappa shape index (κ2) is 11.8. The molecule has 3 rings (SSSR count). The zero-order valence-corrected chi connectivity index (χ0v) is 18.5. The Morgan fingerprint density at radius 2 is 1.77 bits per heavy atom. The third kappa shape index (κ3) is 7.52. The lowest BCUT2D eigenvalue weighted by Gasteiger charge is -2.31. The van der Waals surface area contributed by atoms with Crippen molar-refractivity contribution in [1.29, 1.82) is 0 Å². The van der Waals surface area contributed by atoms with Crippen LogP contribution in [-0.4, -0.2) is 63.1 Å². The molecule has 0 bridgehead atoms. The molecule has 1 aliphatic heterocycles. The lowest BCUT2D eigenvalue weighted by Crippen LogP contribution is -2.42. The maximum Gasteiger partial charge on any atom is 0.223 e. The minimum atomic E-state index is 0.195. The Morgan fingerprint density at radius 1 is 1.07 bits per heavy atom. The number of nitrogens with one attached hydrogen (secondary N) is 3. The molecule has 166 valence electrons. The first kappa shape index (κ1) is 22.4. The van der Waals surface area contributed by atoms with Crippen molar-refractivity contribution in [2.45, 2.75) is 39.2 Å². The number of benzene rings is 1. The predicted molar refractivity (Wildman–Crippen MR) is 121 cm³/mol. The molecule has 0 radical (unpaired) electrons. The van der Waals surface area contributed by atoms with E-state index in [9.17, 15) is 4.79 Å². The van der Waals surface area contributed by atoms with Crippen molar-refractivity contribution < 1.29 is 9.53 Å². The summed E-state index contributed by atoms with van der Waals surface area (Å²) in [5.74, 6) is 2.84. The summed E-state index contributed by atoms with van der Waals surface area (Å²) < 4.78 is 5.24. The van der Waals surface area contributed by atoms with Crippen molar-refractivity contribution >= 4 is 11.9 Å². The van der Waals surface area contributed by atoms with Crippen LogP contribution >= 0.6 is 0 Å². The zero-order chi connectivity index (χ0) is 21.2. The number of hydrogen-bond acceptors (Lipinski definition) is 4. The Kier molecular flexibility index (Phi) is 8.81. The highest BCUT2D eigenvalue weighted by Gasteiger charge is 2.29. The fraction of sp³-hybridized carbons (Fsp3) is 0.652. The minimum absolute atomic E-state index is 0.195. The summed E-state index contributed by atoms with van der Waals surface area (Å²) in [5.41, 5.74) is 1.33. The van der Waals surface area contributed by atoms with Crippen LogP contribution in [0.5, 0.6) is 5.75 Å². The smallest absolute Gasteiger partial charge is 0.223 e. The van der Waals surface area contributed by atoms with Gasteiger partial charge < -0.3 is 20.7 Å². The summed E-state index contributed by atoms with van der Waals surface area (Å²) >= 11 is 0. The van der Waals surface area contributed by atoms with Gasteiger partial charge in [0.2, 0.25) is 5.91 Å². The van der Waals surface area contributed by atoms with Crippen molar-refractivity contribution in [3.63, 3.8) is 0 Å². The Hall–Kier alpha value is -2.28. The second-order valence-corrected chi connectivity index (χ2v) is 8.28. The molecular weight excluding hydrogens is 378 g/mol. The van der Waals surface area contributed by atoms with Crippen LogP contribution in [0.4, 0.5) is 0 Å². The third-order valence-corrected chi connectivity index (χ3v) is 5.79. The van der Waals surface area contributed by atoms with Gasteiger partial charge in [0, 0.05) is 38.6 Å². The molecule has 1 saturated carbocycles. The molecule has 3 N–H and O–H groups in total. The van der Waals surface area contributed by atoms with Crippen LogP contribution in [0.2, 0.25) is 0 Å². The van der Waals surface area contributed by atoms with E-state index in [1.165, 1.54) is 18.4 Å². The number of aliphatic imine (C=N–C) groups is 1. The topological polar surface area (TPSA) is 78.0 Å². The minimum Gasteiger partial charge on any atom is -0.497 e. The van der Waals surface area contributed by atoms with E-state index in [2.05, 4.69) is 39.9 Å². The quantitative estimate of drug-likeness (QED) is 0.309. The Morgan fingerprint density at radius 3 is 2.40 bits per heavy atom. The summed E-state index contributed by atoms with van der Waals surface area (Å²) in [5, 5.41) is 9.61. The first-order valence-electron chi connectivity index (χ1n) is 11.3. The van der Waals surface area contributed by atoms with Gasteiger partial charge in [0.05, 0.1) is 7.11 Å². The number of piperidine rings is 1. The van der Waals surface area contributed by atoms with Gasteiger partial charge in [0.15, 0.2) is 5.96 Å². The van der Waals surface area contributed by atoms with Crippen molar-refractivity contribution in [3.8, 4) is 5.75 Å². The van der Waals surface area contributed by atoms with Crippen LogP contribution in [0.15, 0.2) is 29.3 Å². The van der Waals surface area contributed by atoms with Gasteiger partial charge in [-0.25, -0.2) is 0 Å². The lowest BCUT2D eigenvalue weighted by atomic mass is 9.96. The molecule has 2 aliphatic rings. The van der Waals surface area contributed by atoms with E-state index in [-0.39, 0.29) is 11.8 Å². The third-order valence-electron chi connectivity index (χ3n) is 5.79. The molecule has 1 heterocycles. The number of guanidine groups is 1. The average molecular weight is 416 g/mol. The summed E-state index contributed by atoms with van der Waals surface area (Å²) in [4.78, 5) is 19.0. The van der Waals surface area contributed by atoms with E-state index >= 15 is 0 Å². The van der Waals surface area contributed by atoms with Gasteiger partial charge in [-0.2, -0.15) is 0 Å². The maximum absolute atomic E-state index is 11.7. The number of rotatable bonds is 10. The van der Waals surface area contributed by atoms with Gasteiger partial charge in [-0.1, -0.05) is 12.1 Å². The molecule has 0 atom stereocenters. The predicted octanol–water partition coefficient (Wildman–Crippen LogP) is 1.99. The highest BCUT2D eigenvalue weighted by molar-refractivity contribution is 5.81. The Bertz CT molecular complexity index is 679. The number of hydrogen-bond donors (Lipinski definition) is 3. The van der Waals surface area contributed by atoms with E-state index in [4.69, 9.17) is 9.73 Å². The van der Waals surface area contributed by atoms with E-state index in [0.29, 0.717) is 19.0 Å². The fourth-order valence-corrected chi connectivity index (χ4v) is 3.73. The Balaban J connectivity index is 1.34. The molecule has 2 fully saturated rings. The van der Waals surface area contributed by atoms with Crippen LogP contribution in [0.25, 0.3) is 0 Å². The highest BCUT2D eigenvalue weighted by atomic mass is 16.5. The van der Waals surface area contributed by atoms with Gasteiger partial charge in [-0.3, -0.25) is 14.7 Å². The molecule has 0 unspecified atom stereocenters. The lowest BCUT2D eigenvalue weighted by molar-refractivity contribution is -0.122. The number of carbonyl (C=O) groups excluding carboxylic acids is 1. The number of nitrogens with zero attached hydrogens (tertiary/aromatic N) is 2. The van der Waals surface area contributed by atoms with Crippen LogP contribution < -0.4 is 20.7 Å². The molecule has 1 aromatic carbocycles. The van der Waals surface area contributed by atoms with Gasteiger partial charge >= 0.3 is 0 Å². The maximum atomic E-state index is 11.7. The normalized spacial score (nSPS) is 18.1. The molecule has 1 saturated heterocycles. The van der Waals surface area contributed by atoms with Crippen LogP contribution in [-0.2, 0) is 11.3 Å². The number of ether oxygens (including phenoxy) is 1. The fourth-order valence-electron chi connectivity index (χ4n) is 3.73. The number of carbonyl (C=O) groups is 1. The van der Waals surface area contributed by atoms with Crippen molar-refractivity contribution in [3.05, 3.63) is 29.8 Å². The summed E-state index contributed by atoms with van der Waals surface area (Å²) in [6.07, 6.45) is 4.44. The molecule has 1 aliphatic carbocycles. The molecule has 1 aromatic rings. The molecule has 1 amide bonds. The summed E-state index contributed by atoms with van der Waals surface area (Å²) in [7, 11) is 1.70.